The van der Waals surface area contributed by atoms with Gasteiger partial charge in [-0.15, -0.1) is 5.10 Å². The maximum Gasteiger partial charge on any atom is 0.0965 e. The van der Waals surface area contributed by atoms with Crippen LogP contribution in [0.1, 0.15) is 32.9 Å². The highest BCUT2D eigenvalue weighted by molar-refractivity contribution is 4.95. The molecule has 2 rings (SSSR count). The van der Waals surface area contributed by atoms with Crippen molar-refractivity contribution in [2.45, 2.75) is 45.3 Å². The molecule has 0 bridgehead atoms. The number of nitrogens with zero attached hydrogens (tertiary/aromatic N) is 4. The average molecular weight is 237 g/mol. The monoisotopic (exact) mass is 237 g/mol. The number of likely N-dealkylation sites (tertiary alicyclic amines) is 1. The fourth-order valence-electron chi connectivity index (χ4n) is 2.06. The molecule has 5 heteroatoms. The van der Waals surface area contributed by atoms with Crippen molar-refractivity contribution in [3.05, 3.63) is 11.9 Å². The summed E-state index contributed by atoms with van der Waals surface area (Å²) >= 11 is 0. The Bertz CT molecular complexity index is 365. The first-order valence-electron chi connectivity index (χ1n) is 6.29. The van der Waals surface area contributed by atoms with Crippen LogP contribution in [0.5, 0.6) is 0 Å². The van der Waals surface area contributed by atoms with Crippen LogP contribution >= 0.6 is 0 Å². The standard InChI is InChI=1S/C12H23N5/c1-12(2,3)17-9-11(14-15-17)7-13-10-5-6-16(4)8-10/h9-10,13H,5-8H2,1-4H3. The Hall–Kier alpha value is -0.940. The molecule has 1 aromatic rings. The van der Waals surface area contributed by atoms with Crippen LogP contribution in [0.3, 0.4) is 0 Å². The first kappa shape index (κ1) is 12.5. The van der Waals surface area contributed by atoms with E-state index in [0.717, 1.165) is 18.8 Å². The van der Waals surface area contributed by atoms with Gasteiger partial charge in [-0.05, 0) is 40.8 Å². The van der Waals surface area contributed by atoms with E-state index in [9.17, 15) is 0 Å². The summed E-state index contributed by atoms with van der Waals surface area (Å²) in [5, 5.41) is 11.9. The molecule has 1 aliphatic rings. The SMILES string of the molecule is CN1CCC(NCc2cn(C(C)(C)C)nn2)C1. The molecule has 1 fully saturated rings. The van der Waals surface area contributed by atoms with Crippen molar-refractivity contribution in [3.63, 3.8) is 0 Å². The maximum absolute atomic E-state index is 4.20. The predicted molar refractivity (Wildman–Crippen MR) is 67.8 cm³/mol. The Labute approximate surface area is 103 Å². The molecule has 1 unspecified atom stereocenters. The largest absolute Gasteiger partial charge is 0.307 e. The van der Waals surface area contributed by atoms with Crippen LogP contribution in [-0.4, -0.2) is 46.1 Å². The van der Waals surface area contributed by atoms with E-state index in [1.807, 2.05) is 10.9 Å². The first-order valence-corrected chi connectivity index (χ1v) is 6.29. The molecule has 1 aliphatic heterocycles. The molecule has 0 aliphatic carbocycles. The maximum atomic E-state index is 4.20. The van der Waals surface area contributed by atoms with Gasteiger partial charge in [0.05, 0.1) is 17.4 Å². The molecule has 0 amide bonds. The zero-order valence-electron chi connectivity index (χ0n) is 11.3. The van der Waals surface area contributed by atoms with Gasteiger partial charge in [-0.3, -0.25) is 0 Å². The smallest absolute Gasteiger partial charge is 0.0965 e. The highest BCUT2D eigenvalue weighted by Crippen LogP contribution is 2.12. The molecule has 0 saturated carbocycles. The van der Waals surface area contributed by atoms with Gasteiger partial charge in [0.2, 0.25) is 0 Å². The second-order valence-electron chi connectivity index (χ2n) is 5.95. The lowest BCUT2D eigenvalue weighted by Gasteiger charge is -2.17. The summed E-state index contributed by atoms with van der Waals surface area (Å²) in [4.78, 5) is 2.35. The van der Waals surface area contributed by atoms with Gasteiger partial charge >= 0.3 is 0 Å². The van der Waals surface area contributed by atoms with Crippen LogP contribution in [0, 0.1) is 0 Å². The molecule has 0 aromatic carbocycles. The summed E-state index contributed by atoms with van der Waals surface area (Å²) in [6, 6.07) is 0.597. The Morgan fingerprint density at radius 3 is 2.76 bits per heavy atom. The molecule has 96 valence electrons. The average Bonchev–Trinajstić information content (AvgIpc) is 2.82. The summed E-state index contributed by atoms with van der Waals surface area (Å²) < 4.78 is 1.92. The Balaban J connectivity index is 1.85. The fourth-order valence-corrected chi connectivity index (χ4v) is 2.06. The third-order valence-corrected chi connectivity index (χ3v) is 3.19. The van der Waals surface area contributed by atoms with Gasteiger partial charge in [-0.2, -0.15) is 0 Å². The first-order chi connectivity index (χ1) is 7.95. The molecule has 2 heterocycles. The lowest BCUT2D eigenvalue weighted by molar-refractivity contribution is 0.346. The molecule has 17 heavy (non-hydrogen) atoms. The van der Waals surface area contributed by atoms with Crippen LogP contribution in [-0.2, 0) is 12.1 Å². The number of nitrogens with one attached hydrogen (secondary N) is 1. The minimum atomic E-state index is 0.0127. The summed E-state index contributed by atoms with van der Waals surface area (Å²) in [6.45, 7) is 9.52. The number of aromatic nitrogens is 3. The highest BCUT2D eigenvalue weighted by Gasteiger charge is 2.19. The van der Waals surface area contributed by atoms with E-state index in [4.69, 9.17) is 0 Å². The topological polar surface area (TPSA) is 46.0 Å². The summed E-state index contributed by atoms with van der Waals surface area (Å²) in [7, 11) is 2.16. The molecule has 5 nitrogen and oxygen atoms in total. The van der Waals surface area contributed by atoms with Crippen molar-refractivity contribution in [1.29, 1.82) is 0 Å². The van der Waals surface area contributed by atoms with Gasteiger partial charge in [-0.25, -0.2) is 4.68 Å². The molecule has 1 N–H and O–H groups in total. The zero-order valence-corrected chi connectivity index (χ0v) is 11.3. The molecule has 1 atom stereocenters. The van der Waals surface area contributed by atoms with Gasteiger partial charge < -0.3 is 10.2 Å². The van der Waals surface area contributed by atoms with Gasteiger partial charge in [0, 0.05) is 19.1 Å². The van der Waals surface area contributed by atoms with Gasteiger partial charge in [-0.1, -0.05) is 5.21 Å². The van der Waals surface area contributed by atoms with Gasteiger partial charge in [0.15, 0.2) is 0 Å². The molecule has 0 spiro atoms. The molecule has 1 saturated heterocycles. The minimum absolute atomic E-state index is 0.0127. The van der Waals surface area contributed by atoms with Crippen LogP contribution in [0.4, 0.5) is 0 Å². The van der Waals surface area contributed by atoms with E-state index in [0.29, 0.717) is 6.04 Å². The molecular weight excluding hydrogens is 214 g/mol. The summed E-state index contributed by atoms with van der Waals surface area (Å²) in [5.41, 5.74) is 1.04. The normalized spacial score (nSPS) is 22.2. The number of hydrogen-bond acceptors (Lipinski definition) is 4. The molecule has 0 radical (unpaired) electrons. The summed E-state index contributed by atoms with van der Waals surface area (Å²) in [6.07, 6.45) is 3.26. The highest BCUT2D eigenvalue weighted by atomic mass is 15.4. The zero-order chi connectivity index (χ0) is 12.5. The molecular formula is C12H23N5. The molecule has 1 aromatic heterocycles. The van der Waals surface area contributed by atoms with Crippen molar-refractivity contribution >= 4 is 0 Å². The third-order valence-electron chi connectivity index (χ3n) is 3.19. The van der Waals surface area contributed by atoms with Crippen molar-refractivity contribution in [1.82, 2.24) is 25.2 Å². The second kappa shape index (κ2) is 4.74. The number of rotatable bonds is 3. The van der Waals surface area contributed by atoms with E-state index >= 15 is 0 Å². The fraction of sp³-hybridized carbons (Fsp3) is 0.833. The van der Waals surface area contributed by atoms with E-state index < -0.39 is 0 Å². The second-order valence-corrected chi connectivity index (χ2v) is 5.95. The lowest BCUT2D eigenvalue weighted by Crippen LogP contribution is -2.31. The van der Waals surface area contributed by atoms with Crippen LogP contribution in [0.25, 0.3) is 0 Å². The van der Waals surface area contributed by atoms with Crippen LogP contribution in [0.15, 0.2) is 6.20 Å². The summed E-state index contributed by atoms with van der Waals surface area (Å²) in [5.74, 6) is 0. The van der Waals surface area contributed by atoms with Crippen molar-refractivity contribution < 1.29 is 0 Å². The van der Waals surface area contributed by atoms with E-state index in [-0.39, 0.29) is 5.54 Å². The van der Waals surface area contributed by atoms with Crippen molar-refractivity contribution in [2.75, 3.05) is 20.1 Å². The van der Waals surface area contributed by atoms with Crippen LogP contribution < -0.4 is 5.32 Å². The quantitative estimate of drug-likeness (QED) is 0.846. The minimum Gasteiger partial charge on any atom is -0.307 e. The van der Waals surface area contributed by atoms with Gasteiger partial charge in [0.1, 0.15) is 0 Å². The van der Waals surface area contributed by atoms with Crippen LogP contribution in [0.2, 0.25) is 0 Å². The number of hydrogen-bond donors (Lipinski definition) is 1. The van der Waals surface area contributed by atoms with Gasteiger partial charge in [0.25, 0.3) is 0 Å². The van der Waals surface area contributed by atoms with Crippen molar-refractivity contribution in [2.24, 2.45) is 0 Å². The van der Waals surface area contributed by atoms with Crippen molar-refractivity contribution in [3.8, 4) is 0 Å². The van der Waals surface area contributed by atoms with E-state index in [2.05, 4.69) is 48.3 Å². The Morgan fingerprint density at radius 2 is 2.24 bits per heavy atom. The number of likely N-dealkylation sites (N-methyl/N-ethyl adjacent to an activating group) is 1. The predicted octanol–water partition coefficient (Wildman–Crippen LogP) is 0.827. The lowest BCUT2D eigenvalue weighted by atomic mass is 10.1. The third kappa shape index (κ3) is 3.26. The van der Waals surface area contributed by atoms with E-state index in [1.165, 1.54) is 13.0 Å². The van der Waals surface area contributed by atoms with E-state index in [1.54, 1.807) is 0 Å². The Morgan fingerprint density at radius 1 is 1.47 bits per heavy atom. The Kier molecular flexibility index (Phi) is 3.49.